The van der Waals surface area contributed by atoms with Crippen molar-refractivity contribution in [3.05, 3.63) is 125 Å². The maximum atomic E-state index is 14.6. The van der Waals surface area contributed by atoms with E-state index in [1.165, 1.54) is 0 Å². The van der Waals surface area contributed by atoms with Gasteiger partial charge in [-0.3, -0.25) is 0 Å². The predicted molar refractivity (Wildman–Crippen MR) is 164 cm³/mol. The number of sulfonamides is 1. The first-order valence-corrected chi connectivity index (χ1v) is 15.7. The lowest BCUT2D eigenvalue weighted by Crippen LogP contribution is -2.70. The van der Waals surface area contributed by atoms with Gasteiger partial charge in [0.25, 0.3) is 0 Å². The zero-order valence-electron chi connectivity index (χ0n) is 24.5. The van der Waals surface area contributed by atoms with Gasteiger partial charge in [0.15, 0.2) is 0 Å². The number of morpholine rings is 1. The van der Waals surface area contributed by atoms with E-state index in [-0.39, 0.29) is 6.54 Å². The fourth-order valence-corrected chi connectivity index (χ4v) is 8.53. The van der Waals surface area contributed by atoms with E-state index in [1.54, 1.807) is 30.7 Å². The Labute approximate surface area is 248 Å². The molecule has 42 heavy (non-hydrogen) atoms. The Morgan fingerprint density at radius 3 is 2.26 bits per heavy atom. The van der Waals surface area contributed by atoms with Crippen LogP contribution in [0.1, 0.15) is 34.7 Å². The van der Waals surface area contributed by atoms with Crippen LogP contribution in [0.15, 0.2) is 102 Å². The number of hydrogen-bond acceptors (Lipinski definition) is 5. The number of hydrogen-bond donors (Lipinski definition) is 0. The topological polar surface area (TPSA) is 65.1 Å². The van der Waals surface area contributed by atoms with Crippen LogP contribution < -0.4 is 9.47 Å². The molecule has 0 aromatic heterocycles. The van der Waals surface area contributed by atoms with Crippen LogP contribution in [0.5, 0.6) is 11.5 Å². The summed E-state index contributed by atoms with van der Waals surface area (Å²) in [5.41, 5.74) is 3.47. The van der Waals surface area contributed by atoms with Crippen molar-refractivity contribution in [1.82, 2.24) is 4.31 Å². The summed E-state index contributed by atoms with van der Waals surface area (Å²) in [6, 6.07) is 30.8. The molecule has 0 saturated carbocycles. The van der Waals surface area contributed by atoms with Crippen LogP contribution in [0.4, 0.5) is 0 Å². The van der Waals surface area contributed by atoms with E-state index in [0.29, 0.717) is 24.2 Å². The summed E-state index contributed by atoms with van der Waals surface area (Å²) in [6.07, 6.45) is 1.54. The summed E-state index contributed by atoms with van der Waals surface area (Å²) in [4.78, 5) is 0.293. The van der Waals surface area contributed by atoms with Crippen molar-refractivity contribution >= 4 is 10.0 Å². The summed E-state index contributed by atoms with van der Waals surface area (Å²) >= 11 is 0. The molecule has 0 radical (unpaired) electrons. The molecule has 6 rings (SSSR count). The number of ether oxygens (including phenoxy) is 3. The van der Waals surface area contributed by atoms with Gasteiger partial charge >= 0.3 is 0 Å². The molecule has 2 heterocycles. The summed E-state index contributed by atoms with van der Waals surface area (Å²) in [5.74, 6) is 1.53. The van der Waals surface area contributed by atoms with Crippen molar-refractivity contribution < 1.29 is 22.6 Å². The van der Waals surface area contributed by atoms with Gasteiger partial charge in [0.05, 0.1) is 30.8 Å². The number of nitrogens with zero attached hydrogens (tertiary/aromatic N) is 1. The normalized spacial score (nSPS) is 23.7. The van der Waals surface area contributed by atoms with Crippen LogP contribution in [-0.2, 0) is 39.6 Å². The van der Waals surface area contributed by atoms with Gasteiger partial charge in [0.1, 0.15) is 17.1 Å². The van der Waals surface area contributed by atoms with E-state index >= 15 is 0 Å². The molecule has 0 N–H and O–H groups in total. The van der Waals surface area contributed by atoms with Crippen LogP contribution in [-0.4, -0.2) is 45.1 Å². The van der Waals surface area contributed by atoms with Crippen molar-refractivity contribution in [1.29, 1.82) is 0 Å². The van der Waals surface area contributed by atoms with E-state index < -0.39 is 27.3 Å². The third-order valence-electron chi connectivity index (χ3n) is 8.75. The van der Waals surface area contributed by atoms with Crippen LogP contribution >= 0.6 is 0 Å². The van der Waals surface area contributed by atoms with Gasteiger partial charge in [-0.1, -0.05) is 66.2 Å². The van der Waals surface area contributed by atoms with Gasteiger partial charge in [0, 0.05) is 19.4 Å². The van der Waals surface area contributed by atoms with Crippen LogP contribution in [0, 0.1) is 6.92 Å². The van der Waals surface area contributed by atoms with Crippen molar-refractivity contribution in [3.8, 4) is 11.5 Å². The standard InChI is InChI=1S/C35H37NO5S/c1-25-13-16-31(17-14-25)42(37,38)36-24-34(2)32-18-15-30(40-4)21-28(32)23-35(41-34,22-27-11-8-12-29(19-27)39-3)33(36)20-26-9-6-5-7-10-26/h5-19,21,33H,20,22-24H2,1-4H3/t33-,34-,35-/m0/s1. The Bertz CT molecular complexity index is 1690. The Morgan fingerprint density at radius 2 is 1.55 bits per heavy atom. The SMILES string of the molecule is COc1cccc(C[C@]23Cc4cc(OC)ccc4[C@](C)(CN(S(=O)(=O)c4ccc(C)cc4)[C@H]2Cc2ccccc2)O3)c1. The molecule has 7 heteroatoms. The average molecular weight is 584 g/mol. The lowest BCUT2D eigenvalue weighted by molar-refractivity contribution is -0.229. The van der Waals surface area contributed by atoms with E-state index in [9.17, 15) is 8.42 Å². The first-order valence-electron chi connectivity index (χ1n) is 14.3. The van der Waals surface area contributed by atoms with Gasteiger partial charge in [0.2, 0.25) is 10.0 Å². The first kappa shape index (κ1) is 28.5. The maximum Gasteiger partial charge on any atom is 0.243 e. The molecule has 3 atom stereocenters. The van der Waals surface area contributed by atoms with Gasteiger partial charge in [-0.15, -0.1) is 0 Å². The lowest BCUT2D eigenvalue weighted by atomic mass is 9.70. The molecule has 0 spiro atoms. The summed E-state index contributed by atoms with van der Waals surface area (Å²) in [7, 11) is -0.557. The number of fused-ring (bicyclic) bond motifs is 4. The molecule has 2 bridgehead atoms. The summed E-state index contributed by atoms with van der Waals surface area (Å²) < 4.78 is 49.4. The highest BCUT2D eigenvalue weighted by molar-refractivity contribution is 7.89. The molecule has 0 amide bonds. The molecule has 2 aliphatic rings. The summed E-state index contributed by atoms with van der Waals surface area (Å²) in [5, 5.41) is 0. The Hall–Kier alpha value is -3.65. The highest BCUT2D eigenvalue weighted by Crippen LogP contribution is 2.51. The molecular formula is C35H37NO5S. The molecular weight excluding hydrogens is 546 g/mol. The van der Waals surface area contributed by atoms with Crippen molar-refractivity contribution in [2.24, 2.45) is 0 Å². The predicted octanol–water partition coefficient (Wildman–Crippen LogP) is 6.10. The molecule has 0 aliphatic carbocycles. The average Bonchev–Trinajstić information content (AvgIpc) is 2.99. The third-order valence-corrected chi connectivity index (χ3v) is 10.6. The van der Waals surface area contributed by atoms with Gasteiger partial charge in [-0.05, 0) is 78.9 Å². The van der Waals surface area contributed by atoms with Crippen LogP contribution in [0.25, 0.3) is 0 Å². The highest BCUT2D eigenvalue weighted by atomic mass is 32.2. The van der Waals surface area contributed by atoms with Crippen molar-refractivity contribution in [2.45, 2.75) is 55.2 Å². The molecule has 6 nitrogen and oxygen atoms in total. The van der Waals surface area contributed by atoms with Gasteiger partial charge in [-0.25, -0.2) is 8.42 Å². The molecule has 4 aromatic rings. The lowest BCUT2D eigenvalue weighted by Gasteiger charge is -2.59. The first-order chi connectivity index (χ1) is 20.2. The second-order valence-corrected chi connectivity index (χ2v) is 13.6. The fraction of sp³-hybridized carbons (Fsp3) is 0.314. The Morgan fingerprint density at radius 1 is 0.857 bits per heavy atom. The smallest absolute Gasteiger partial charge is 0.243 e. The number of rotatable bonds is 8. The zero-order valence-corrected chi connectivity index (χ0v) is 25.4. The molecule has 218 valence electrons. The van der Waals surface area contributed by atoms with Crippen molar-refractivity contribution in [2.75, 3.05) is 20.8 Å². The minimum absolute atomic E-state index is 0.194. The van der Waals surface area contributed by atoms with Crippen LogP contribution in [0.2, 0.25) is 0 Å². The van der Waals surface area contributed by atoms with Crippen molar-refractivity contribution in [3.63, 3.8) is 0 Å². The summed E-state index contributed by atoms with van der Waals surface area (Å²) in [6.45, 7) is 4.18. The van der Waals surface area contributed by atoms with Gasteiger partial charge in [-0.2, -0.15) is 4.31 Å². The second kappa shape index (κ2) is 10.9. The van der Waals surface area contributed by atoms with Gasteiger partial charge < -0.3 is 14.2 Å². The number of methoxy groups -OCH3 is 2. The van der Waals surface area contributed by atoms with E-state index in [0.717, 1.165) is 39.3 Å². The van der Waals surface area contributed by atoms with E-state index in [1.807, 2.05) is 74.5 Å². The minimum Gasteiger partial charge on any atom is -0.497 e. The highest BCUT2D eigenvalue weighted by Gasteiger charge is 2.59. The molecule has 1 fully saturated rings. The largest absolute Gasteiger partial charge is 0.497 e. The quantitative estimate of drug-likeness (QED) is 0.251. The fourth-order valence-electron chi connectivity index (χ4n) is 6.76. The zero-order chi connectivity index (χ0) is 29.5. The van der Waals surface area contributed by atoms with E-state index in [4.69, 9.17) is 14.2 Å². The number of benzene rings is 4. The minimum atomic E-state index is -3.88. The van der Waals surface area contributed by atoms with E-state index in [2.05, 4.69) is 24.3 Å². The number of aryl methyl sites for hydroxylation is 1. The molecule has 1 saturated heterocycles. The Kier molecular flexibility index (Phi) is 7.37. The third kappa shape index (κ3) is 5.10. The molecule has 2 aliphatic heterocycles. The molecule has 0 unspecified atom stereocenters. The Balaban J connectivity index is 1.57. The maximum absolute atomic E-state index is 14.6. The van der Waals surface area contributed by atoms with Crippen LogP contribution in [0.3, 0.4) is 0 Å². The second-order valence-electron chi connectivity index (χ2n) is 11.7. The monoisotopic (exact) mass is 583 g/mol. The molecule has 4 aromatic carbocycles.